The van der Waals surface area contributed by atoms with Crippen LogP contribution in [-0.2, 0) is 4.74 Å². The van der Waals surface area contributed by atoms with Crippen molar-refractivity contribution in [3.63, 3.8) is 0 Å². The van der Waals surface area contributed by atoms with Gasteiger partial charge in [0.1, 0.15) is 22.7 Å². The van der Waals surface area contributed by atoms with Crippen molar-refractivity contribution in [3.8, 4) is 11.3 Å². The first-order valence-electron chi connectivity index (χ1n) is 8.15. The van der Waals surface area contributed by atoms with E-state index < -0.39 is 16.7 Å². The Kier molecular flexibility index (Phi) is 5.27. The maximum absolute atomic E-state index is 13.3. The van der Waals surface area contributed by atoms with Gasteiger partial charge in [0, 0.05) is 21.3 Å². The van der Waals surface area contributed by atoms with Gasteiger partial charge >= 0.3 is 5.97 Å². The van der Waals surface area contributed by atoms with Gasteiger partial charge in [-0.25, -0.2) is 9.18 Å². The molecule has 0 bridgehead atoms. The van der Waals surface area contributed by atoms with E-state index in [9.17, 15) is 19.3 Å². The van der Waals surface area contributed by atoms with Crippen LogP contribution in [0, 0.1) is 15.9 Å². The van der Waals surface area contributed by atoms with E-state index in [0.717, 1.165) is 0 Å². The van der Waals surface area contributed by atoms with Gasteiger partial charge in [-0.1, -0.05) is 15.9 Å². The highest BCUT2D eigenvalue weighted by molar-refractivity contribution is 9.09. The number of hydrogen-bond acceptors (Lipinski definition) is 5. The van der Waals surface area contributed by atoms with Gasteiger partial charge in [-0.2, -0.15) is 0 Å². The van der Waals surface area contributed by atoms with Gasteiger partial charge in [0.05, 0.1) is 17.6 Å². The third kappa shape index (κ3) is 3.57. The normalized spacial score (nSPS) is 12.1. The number of hydrogen-bond donors (Lipinski definition) is 0. The maximum atomic E-state index is 13.3. The summed E-state index contributed by atoms with van der Waals surface area (Å²) in [5.74, 6) is -0.867. The van der Waals surface area contributed by atoms with Crippen molar-refractivity contribution >= 4 is 38.6 Å². The molecule has 1 heterocycles. The molecule has 0 aliphatic carbocycles. The molecular formula is C19H15BrFNO5. The van der Waals surface area contributed by atoms with Crippen molar-refractivity contribution in [1.29, 1.82) is 0 Å². The van der Waals surface area contributed by atoms with E-state index in [2.05, 4.69) is 15.9 Å². The SMILES string of the molecule is CCOC(=O)c1c(-c2ccc(F)cc2)oc2cc([N+](=O)[O-])c(C(C)Br)cc12. The Morgan fingerprint density at radius 3 is 2.56 bits per heavy atom. The summed E-state index contributed by atoms with van der Waals surface area (Å²) in [5, 5.41) is 11.8. The first-order valence-corrected chi connectivity index (χ1v) is 9.07. The lowest BCUT2D eigenvalue weighted by atomic mass is 10.0. The number of furan rings is 1. The second kappa shape index (κ2) is 7.48. The van der Waals surface area contributed by atoms with Crippen LogP contribution in [0.25, 0.3) is 22.3 Å². The number of fused-ring (bicyclic) bond motifs is 1. The van der Waals surface area contributed by atoms with E-state index >= 15 is 0 Å². The lowest BCUT2D eigenvalue weighted by molar-refractivity contribution is -0.385. The molecule has 1 atom stereocenters. The Labute approximate surface area is 162 Å². The highest BCUT2D eigenvalue weighted by Crippen LogP contribution is 2.40. The quantitative estimate of drug-likeness (QED) is 0.219. The molecule has 0 radical (unpaired) electrons. The number of alkyl halides is 1. The predicted octanol–water partition coefficient (Wildman–Crippen LogP) is 5.78. The van der Waals surface area contributed by atoms with Crippen LogP contribution in [0.2, 0.25) is 0 Å². The second-order valence-electron chi connectivity index (χ2n) is 5.81. The van der Waals surface area contributed by atoms with Crippen molar-refractivity contribution < 1.29 is 23.3 Å². The van der Waals surface area contributed by atoms with Gasteiger partial charge in [0.25, 0.3) is 5.69 Å². The fourth-order valence-corrected chi connectivity index (χ4v) is 3.20. The summed E-state index contributed by atoms with van der Waals surface area (Å²) in [7, 11) is 0. The van der Waals surface area contributed by atoms with Gasteiger partial charge in [0.2, 0.25) is 0 Å². The largest absolute Gasteiger partial charge is 0.462 e. The molecule has 1 aromatic heterocycles. The smallest absolute Gasteiger partial charge is 0.342 e. The fraction of sp³-hybridized carbons (Fsp3) is 0.211. The molecule has 0 fully saturated rings. The van der Waals surface area contributed by atoms with Crippen molar-refractivity contribution in [3.05, 3.63) is 63.5 Å². The lowest BCUT2D eigenvalue weighted by Gasteiger charge is -2.06. The molecule has 0 N–H and O–H groups in total. The van der Waals surface area contributed by atoms with E-state index in [1.165, 1.54) is 30.3 Å². The van der Waals surface area contributed by atoms with Crippen LogP contribution in [0.4, 0.5) is 10.1 Å². The average Bonchev–Trinajstić information content (AvgIpc) is 2.99. The number of esters is 1. The summed E-state index contributed by atoms with van der Waals surface area (Å²) >= 11 is 3.35. The van der Waals surface area contributed by atoms with Crippen LogP contribution in [0.3, 0.4) is 0 Å². The molecule has 3 aromatic rings. The van der Waals surface area contributed by atoms with Gasteiger partial charge in [-0.3, -0.25) is 10.1 Å². The summed E-state index contributed by atoms with van der Waals surface area (Å²) in [6.07, 6.45) is 0. The number of nitro benzene ring substituents is 1. The third-order valence-electron chi connectivity index (χ3n) is 4.05. The summed E-state index contributed by atoms with van der Waals surface area (Å²) in [4.78, 5) is 23.2. The van der Waals surface area contributed by atoms with E-state index in [1.54, 1.807) is 19.9 Å². The number of carbonyl (C=O) groups is 1. The van der Waals surface area contributed by atoms with E-state index in [-0.39, 0.29) is 34.0 Å². The predicted molar refractivity (Wildman–Crippen MR) is 102 cm³/mol. The van der Waals surface area contributed by atoms with E-state index in [1.807, 2.05) is 0 Å². The maximum Gasteiger partial charge on any atom is 0.342 e. The van der Waals surface area contributed by atoms with E-state index in [0.29, 0.717) is 16.5 Å². The van der Waals surface area contributed by atoms with Crippen LogP contribution in [0.15, 0.2) is 40.8 Å². The van der Waals surface area contributed by atoms with Crippen LogP contribution < -0.4 is 0 Å². The Balaban J connectivity index is 2.34. The molecule has 8 heteroatoms. The third-order valence-corrected chi connectivity index (χ3v) is 4.54. The Hall–Kier alpha value is -2.74. The molecule has 0 saturated heterocycles. The van der Waals surface area contributed by atoms with Crippen LogP contribution in [0.1, 0.15) is 34.6 Å². The van der Waals surface area contributed by atoms with Gasteiger partial charge in [-0.15, -0.1) is 0 Å². The Bertz CT molecular complexity index is 1030. The topological polar surface area (TPSA) is 82.6 Å². The molecule has 140 valence electrons. The van der Waals surface area contributed by atoms with Gasteiger partial charge < -0.3 is 9.15 Å². The zero-order chi connectivity index (χ0) is 19.7. The van der Waals surface area contributed by atoms with Gasteiger partial charge in [0.15, 0.2) is 0 Å². The van der Waals surface area contributed by atoms with Crippen molar-refractivity contribution in [1.82, 2.24) is 0 Å². The molecule has 0 saturated carbocycles. The van der Waals surface area contributed by atoms with Crippen molar-refractivity contribution in [2.75, 3.05) is 6.61 Å². The Morgan fingerprint density at radius 1 is 1.33 bits per heavy atom. The highest BCUT2D eigenvalue weighted by Gasteiger charge is 2.28. The lowest BCUT2D eigenvalue weighted by Crippen LogP contribution is -2.05. The molecule has 2 aromatic carbocycles. The molecule has 0 spiro atoms. The average molecular weight is 436 g/mol. The highest BCUT2D eigenvalue weighted by atomic mass is 79.9. The standard InChI is InChI=1S/C19H15BrFNO5/c1-3-26-19(23)17-14-8-13(10(2)20)15(22(24)25)9-16(14)27-18(17)11-4-6-12(21)7-5-11/h4-10H,3H2,1-2H3. The van der Waals surface area contributed by atoms with E-state index in [4.69, 9.17) is 9.15 Å². The first kappa shape index (κ1) is 19.0. The zero-order valence-electron chi connectivity index (χ0n) is 14.5. The summed E-state index contributed by atoms with van der Waals surface area (Å²) in [6, 6.07) is 8.27. The van der Waals surface area contributed by atoms with Gasteiger partial charge in [-0.05, 0) is 44.2 Å². The molecule has 3 rings (SSSR count). The molecule has 0 aliphatic rings. The minimum Gasteiger partial charge on any atom is -0.462 e. The molecule has 27 heavy (non-hydrogen) atoms. The minimum absolute atomic E-state index is 0.123. The summed E-state index contributed by atoms with van der Waals surface area (Å²) < 4.78 is 24.2. The number of carbonyl (C=O) groups excluding carboxylic acids is 1. The van der Waals surface area contributed by atoms with Crippen LogP contribution >= 0.6 is 15.9 Å². The van der Waals surface area contributed by atoms with Crippen LogP contribution in [-0.4, -0.2) is 17.5 Å². The summed E-state index contributed by atoms with van der Waals surface area (Å²) in [6.45, 7) is 3.58. The zero-order valence-corrected chi connectivity index (χ0v) is 16.1. The number of ether oxygens (including phenoxy) is 1. The first-order chi connectivity index (χ1) is 12.8. The number of nitrogens with zero attached hydrogens (tertiary/aromatic N) is 1. The minimum atomic E-state index is -0.613. The molecule has 0 aliphatic heterocycles. The van der Waals surface area contributed by atoms with Crippen molar-refractivity contribution in [2.24, 2.45) is 0 Å². The Morgan fingerprint density at radius 2 is 2.00 bits per heavy atom. The number of halogens is 2. The molecule has 1 unspecified atom stereocenters. The monoisotopic (exact) mass is 435 g/mol. The number of rotatable bonds is 5. The molecular weight excluding hydrogens is 421 g/mol. The van der Waals surface area contributed by atoms with Crippen LogP contribution in [0.5, 0.6) is 0 Å². The second-order valence-corrected chi connectivity index (χ2v) is 7.19. The number of nitro groups is 1. The molecule has 0 amide bonds. The van der Waals surface area contributed by atoms with Crippen molar-refractivity contribution in [2.45, 2.75) is 18.7 Å². The molecule has 6 nitrogen and oxygen atoms in total. The number of benzene rings is 2. The summed E-state index contributed by atoms with van der Waals surface area (Å²) in [5.41, 5.74) is 1.08. The fourth-order valence-electron chi connectivity index (χ4n) is 2.84.